The molecule has 1 heterocycles. The van der Waals surface area contributed by atoms with Crippen molar-refractivity contribution in [1.82, 2.24) is 0 Å². The van der Waals surface area contributed by atoms with E-state index in [0.717, 1.165) is 33.7 Å². The molecule has 4 heteroatoms. The van der Waals surface area contributed by atoms with Gasteiger partial charge in [-0.25, -0.2) is 0 Å². The normalized spacial score (nSPS) is 18.4. The maximum Gasteiger partial charge on any atom is 0.137 e. The van der Waals surface area contributed by atoms with Gasteiger partial charge in [-0.2, -0.15) is 0 Å². The van der Waals surface area contributed by atoms with E-state index in [1.807, 2.05) is 13.0 Å². The third kappa shape index (κ3) is 2.06. The summed E-state index contributed by atoms with van der Waals surface area (Å²) in [5, 5.41) is 0. The highest BCUT2D eigenvalue weighted by atomic mass is 79.9. The number of fused-ring (bicyclic) bond motifs is 1. The fourth-order valence-corrected chi connectivity index (χ4v) is 2.93. The molecule has 0 saturated carbocycles. The molecular weight excluding hydrogens is 282 g/mol. The molecule has 0 radical (unpaired) electrons. The van der Waals surface area contributed by atoms with Crippen molar-refractivity contribution in [3.05, 3.63) is 21.7 Å². The zero-order chi connectivity index (χ0) is 12.6. The molecule has 17 heavy (non-hydrogen) atoms. The molecule has 0 amide bonds. The van der Waals surface area contributed by atoms with Crippen LogP contribution in [0, 0.1) is 0 Å². The van der Waals surface area contributed by atoms with Crippen LogP contribution in [-0.4, -0.2) is 26.0 Å². The van der Waals surface area contributed by atoms with Crippen molar-refractivity contribution in [2.24, 2.45) is 4.99 Å². The number of benzene rings is 1. The summed E-state index contributed by atoms with van der Waals surface area (Å²) in [6.45, 7) is 4.14. The first-order valence-corrected chi connectivity index (χ1v) is 6.36. The standard InChI is InChI=1S/C13H16BrNO2/c1-7-5-9-12(8(2)15-7)10(16-3)6-11(17-4)13(9)14/h6-7H,5H2,1-4H3/t7-/m0/s1. The molecule has 0 fully saturated rings. The predicted molar refractivity (Wildman–Crippen MR) is 72.6 cm³/mol. The number of hydrogen-bond acceptors (Lipinski definition) is 3. The van der Waals surface area contributed by atoms with E-state index in [1.165, 1.54) is 5.56 Å². The van der Waals surface area contributed by atoms with Crippen LogP contribution in [0.25, 0.3) is 0 Å². The van der Waals surface area contributed by atoms with Gasteiger partial charge in [-0.15, -0.1) is 0 Å². The van der Waals surface area contributed by atoms with E-state index in [1.54, 1.807) is 14.2 Å². The summed E-state index contributed by atoms with van der Waals surface area (Å²) in [5.41, 5.74) is 3.35. The van der Waals surface area contributed by atoms with Crippen LogP contribution in [-0.2, 0) is 6.42 Å². The summed E-state index contributed by atoms with van der Waals surface area (Å²) < 4.78 is 11.8. The molecule has 0 N–H and O–H groups in total. The molecule has 0 unspecified atom stereocenters. The minimum absolute atomic E-state index is 0.301. The summed E-state index contributed by atoms with van der Waals surface area (Å²) in [6.07, 6.45) is 0.904. The monoisotopic (exact) mass is 297 g/mol. The molecule has 92 valence electrons. The van der Waals surface area contributed by atoms with Crippen molar-refractivity contribution >= 4 is 21.6 Å². The molecule has 0 saturated heterocycles. The second-order valence-corrected chi connectivity index (χ2v) is 5.01. The molecule has 1 aromatic rings. The van der Waals surface area contributed by atoms with E-state index < -0.39 is 0 Å². The summed E-state index contributed by atoms with van der Waals surface area (Å²) in [5.74, 6) is 1.63. The Morgan fingerprint density at radius 1 is 1.29 bits per heavy atom. The Labute approximate surface area is 110 Å². The molecule has 3 nitrogen and oxygen atoms in total. The van der Waals surface area contributed by atoms with Crippen LogP contribution in [0.4, 0.5) is 0 Å². The van der Waals surface area contributed by atoms with E-state index in [-0.39, 0.29) is 0 Å². The lowest BCUT2D eigenvalue weighted by molar-refractivity contribution is 0.390. The quantitative estimate of drug-likeness (QED) is 0.839. The lowest BCUT2D eigenvalue weighted by Crippen LogP contribution is -2.18. The van der Waals surface area contributed by atoms with Gasteiger partial charge in [0.2, 0.25) is 0 Å². The van der Waals surface area contributed by atoms with Crippen molar-refractivity contribution in [1.29, 1.82) is 0 Å². The van der Waals surface area contributed by atoms with E-state index >= 15 is 0 Å². The van der Waals surface area contributed by atoms with Gasteiger partial charge in [0.1, 0.15) is 11.5 Å². The van der Waals surface area contributed by atoms with Crippen LogP contribution in [0.15, 0.2) is 15.5 Å². The van der Waals surface area contributed by atoms with Gasteiger partial charge in [-0.1, -0.05) is 0 Å². The van der Waals surface area contributed by atoms with Gasteiger partial charge in [0.05, 0.1) is 24.7 Å². The molecule has 2 rings (SSSR count). The molecule has 0 bridgehead atoms. The minimum atomic E-state index is 0.301. The van der Waals surface area contributed by atoms with Gasteiger partial charge < -0.3 is 9.47 Å². The molecular formula is C13H16BrNO2. The fraction of sp³-hybridized carbons (Fsp3) is 0.462. The molecule has 0 aliphatic carbocycles. The van der Waals surface area contributed by atoms with Crippen LogP contribution < -0.4 is 9.47 Å². The fourth-order valence-electron chi connectivity index (χ4n) is 2.30. The van der Waals surface area contributed by atoms with Gasteiger partial charge in [-0.3, -0.25) is 4.99 Å². The number of halogens is 1. The van der Waals surface area contributed by atoms with Crippen molar-refractivity contribution in [2.45, 2.75) is 26.3 Å². The summed E-state index contributed by atoms with van der Waals surface area (Å²) in [4.78, 5) is 4.60. The van der Waals surface area contributed by atoms with Crippen molar-refractivity contribution in [3.63, 3.8) is 0 Å². The van der Waals surface area contributed by atoms with Crippen LogP contribution in [0.1, 0.15) is 25.0 Å². The van der Waals surface area contributed by atoms with E-state index in [9.17, 15) is 0 Å². The Morgan fingerprint density at radius 3 is 2.53 bits per heavy atom. The van der Waals surface area contributed by atoms with Gasteiger partial charge >= 0.3 is 0 Å². The summed E-state index contributed by atoms with van der Waals surface area (Å²) in [7, 11) is 3.34. The molecule has 1 atom stereocenters. The Balaban J connectivity index is 2.70. The topological polar surface area (TPSA) is 30.8 Å². The number of ether oxygens (including phenoxy) is 2. The molecule has 0 spiro atoms. The van der Waals surface area contributed by atoms with Crippen molar-refractivity contribution < 1.29 is 9.47 Å². The Morgan fingerprint density at radius 2 is 1.94 bits per heavy atom. The second kappa shape index (κ2) is 4.69. The number of aliphatic imine (C=N–C) groups is 1. The lowest BCUT2D eigenvalue weighted by atomic mass is 9.93. The van der Waals surface area contributed by atoms with Gasteiger partial charge in [-0.05, 0) is 41.8 Å². The first-order valence-electron chi connectivity index (χ1n) is 5.56. The average Bonchev–Trinajstić information content (AvgIpc) is 2.30. The third-order valence-electron chi connectivity index (χ3n) is 3.01. The largest absolute Gasteiger partial charge is 0.496 e. The van der Waals surface area contributed by atoms with Crippen molar-refractivity contribution in [3.8, 4) is 11.5 Å². The van der Waals surface area contributed by atoms with Crippen LogP contribution in [0.5, 0.6) is 11.5 Å². The maximum atomic E-state index is 5.43. The molecule has 0 aromatic heterocycles. The highest BCUT2D eigenvalue weighted by molar-refractivity contribution is 9.10. The van der Waals surface area contributed by atoms with Crippen molar-refractivity contribution in [2.75, 3.05) is 14.2 Å². The SMILES string of the molecule is COc1cc(OC)c2c(c1Br)C[C@H](C)N=C2C. The molecule has 1 aliphatic rings. The average molecular weight is 298 g/mol. The Kier molecular flexibility index (Phi) is 3.43. The minimum Gasteiger partial charge on any atom is -0.496 e. The van der Waals surface area contributed by atoms with Gasteiger partial charge in [0, 0.05) is 17.3 Å². The van der Waals surface area contributed by atoms with E-state index in [2.05, 4.69) is 27.8 Å². The highest BCUT2D eigenvalue weighted by Crippen LogP contribution is 2.40. The lowest BCUT2D eigenvalue weighted by Gasteiger charge is -2.24. The van der Waals surface area contributed by atoms with E-state index in [4.69, 9.17) is 9.47 Å². The van der Waals surface area contributed by atoms with Gasteiger partial charge in [0.25, 0.3) is 0 Å². The predicted octanol–water partition coefficient (Wildman–Crippen LogP) is 3.22. The summed E-state index contributed by atoms with van der Waals surface area (Å²) >= 11 is 3.61. The van der Waals surface area contributed by atoms with Crippen LogP contribution in [0.3, 0.4) is 0 Å². The number of nitrogens with zero attached hydrogens (tertiary/aromatic N) is 1. The van der Waals surface area contributed by atoms with Crippen LogP contribution in [0.2, 0.25) is 0 Å². The zero-order valence-electron chi connectivity index (χ0n) is 10.5. The van der Waals surface area contributed by atoms with Gasteiger partial charge in [0.15, 0.2) is 0 Å². The number of hydrogen-bond donors (Lipinski definition) is 0. The first-order chi connectivity index (χ1) is 8.08. The smallest absolute Gasteiger partial charge is 0.137 e. The maximum absolute atomic E-state index is 5.43. The Hall–Kier alpha value is -1.03. The molecule has 1 aromatic carbocycles. The summed E-state index contributed by atoms with van der Waals surface area (Å²) in [6, 6.07) is 2.20. The van der Waals surface area contributed by atoms with Crippen LogP contribution >= 0.6 is 15.9 Å². The third-order valence-corrected chi connectivity index (χ3v) is 3.88. The zero-order valence-corrected chi connectivity index (χ0v) is 12.1. The molecule has 1 aliphatic heterocycles. The first kappa shape index (κ1) is 12.4. The second-order valence-electron chi connectivity index (χ2n) is 4.22. The Bertz CT molecular complexity index is 483. The van der Waals surface area contributed by atoms with E-state index in [0.29, 0.717) is 6.04 Å². The number of methoxy groups -OCH3 is 2. The number of rotatable bonds is 2. The highest BCUT2D eigenvalue weighted by Gasteiger charge is 2.24.